The van der Waals surface area contributed by atoms with Crippen LogP contribution in [0.4, 0.5) is 0 Å². The first kappa shape index (κ1) is 24.5. The molecule has 1 aromatic carbocycles. The normalized spacial score (nSPS) is 15.5. The van der Waals surface area contributed by atoms with E-state index in [9.17, 15) is 13.2 Å². The van der Waals surface area contributed by atoms with E-state index in [1.54, 1.807) is 36.3 Å². The molecule has 0 spiro atoms. The average molecular weight is 505 g/mol. The first-order chi connectivity index (χ1) is 16.4. The lowest BCUT2D eigenvalue weighted by Crippen LogP contribution is -2.45. The van der Waals surface area contributed by atoms with Crippen molar-refractivity contribution in [2.75, 3.05) is 33.4 Å². The third-order valence-electron chi connectivity index (χ3n) is 5.86. The summed E-state index contributed by atoms with van der Waals surface area (Å²) in [6.07, 6.45) is 0.912. The van der Waals surface area contributed by atoms with E-state index < -0.39 is 10.0 Å². The molecule has 3 heterocycles. The van der Waals surface area contributed by atoms with Gasteiger partial charge in [0.15, 0.2) is 0 Å². The molecule has 0 bridgehead atoms. The quantitative estimate of drug-likeness (QED) is 0.441. The van der Waals surface area contributed by atoms with E-state index in [4.69, 9.17) is 9.15 Å². The van der Waals surface area contributed by atoms with Crippen molar-refractivity contribution in [3.63, 3.8) is 0 Å². The highest BCUT2D eigenvalue weighted by atomic mass is 32.2. The Morgan fingerprint density at radius 1 is 1.21 bits per heavy atom. The second-order valence-electron chi connectivity index (χ2n) is 8.22. The Bertz CT molecular complexity index is 1180. The highest BCUT2D eigenvalue weighted by Gasteiger charge is 2.34. The highest BCUT2D eigenvalue weighted by molar-refractivity contribution is 7.89. The van der Waals surface area contributed by atoms with Crippen LogP contribution in [0.1, 0.15) is 24.3 Å². The molecule has 0 N–H and O–H groups in total. The smallest absolute Gasteiger partial charge is 0.257 e. The molecule has 1 fully saturated rings. The van der Waals surface area contributed by atoms with Crippen LogP contribution in [0.2, 0.25) is 0 Å². The Hall–Kier alpha value is -2.60. The molecule has 9 nitrogen and oxygen atoms in total. The van der Waals surface area contributed by atoms with E-state index in [0.29, 0.717) is 50.9 Å². The topological polar surface area (TPSA) is 106 Å². The summed E-state index contributed by atoms with van der Waals surface area (Å²) < 4.78 is 38.4. The third-order valence-corrected chi connectivity index (χ3v) is 8.63. The van der Waals surface area contributed by atoms with Crippen LogP contribution >= 0.6 is 11.3 Å². The number of aromatic nitrogens is 2. The zero-order valence-corrected chi connectivity index (χ0v) is 20.8. The number of carbonyl (C=O) groups is 1. The van der Waals surface area contributed by atoms with Crippen molar-refractivity contribution in [2.45, 2.75) is 31.2 Å². The van der Waals surface area contributed by atoms with Gasteiger partial charge >= 0.3 is 0 Å². The molecule has 34 heavy (non-hydrogen) atoms. The number of sulfonamides is 1. The number of aryl methyl sites for hydroxylation is 1. The summed E-state index contributed by atoms with van der Waals surface area (Å²) in [5, 5.41) is 10.1. The zero-order valence-electron chi connectivity index (χ0n) is 19.2. The summed E-state index contributed by atoms with van der Waals surface area (Å²) in [6.45, 7) is 3.45. The molecule has 1 aliphatic heterocycles. The van der Waals surface area contributed by atoms with E-state index in [-0.39, 0.29) is 23.3 Å². The molecule has 2 aromatic heterocycles. The van der Waals surface area contributed by atoms with Gasteiger partial charge in [-0.3, -0.25) is 4.79 Å². The second-order valence-corrected chi connectivity index (χ2v) is 11.1. The predicted octanol–water partition coefficient (Wildman–Crippen LogP) is 3.18. The summed E-state index contributed by atoms with van der Waals surface area (Å²) >= 11 is 1.50. The Kier molecular flexibility index (Phi) is 7.77. The maximum atomic E-state index is 13.3. The van der Waals surface area contributed by atoms with Gasteiger partial charge in [0.2, 0.25) is 21.8 Å². The van der Waals surface area contributed by atoms with E-state index in [1.165, 1.54) is 15.6 Å². The third kappa shape index (κ3) is 5.54. The summed E-state index contributed by atoms with van der Waals surface area (Å²) in [6, 6.07) is 10.6. The van der Waals surface area contributed by atoms with Gasteiger partial charge in [0.1, 0.15) is 0 Å². The van der Waals surface area contributed by atoms with Gasteiger partial charge in [0, 0.05) is 32.7 Å². The molecule has 3 aromatic rings. The van der Waals surface area contributed by atoms with Gasteiger partial charge < -0.3 is 14.1 Å². The first-order valence-electron chi connectivity index (χ1n) is 11.1. The summed E-state index contributed by atoms with van der Waals surface area (Å²) in [7, 11) is -1.99. The van der Waals surface area contributed by atoms with Gasteiger partial charge in [-0.2, -0.15) is 4.31 Å². The maximum Gasteiger partial charge on any atom is 0.257 e. The number of piperidine rings is 1. The van der Waals surface area contributed by atoms with Crippen molar-refractivity contribution < 1.29 is 22.4 Å². The minimum atomic E-state index is -3.57. The monoisotopic (exact) mass is 504 g/mol. The summed E-state index contributed by atoms with van der Waals surface area (Å²) in [5.74, 6) is 0.451. The fraction of sp³-hybridized carbons (Fsp3) is 0.435. The molecule has 182 valence electrons. The number of benzene rings is 1. The molecular weight excluding hydrogens is 476 g/mol. The lowest BCUT2D eigenvalue weighted by molar-refractivity contribution is -0.138. The maximum absolute atomic E-state index is 13.3. The number of nitrogens with zero attached hydrogens (tertiary/aromatic N) is 4. The number of rotatable bonds is 9. The van der Waals surface area contributed by atoms with Crippen LogP contribution in [0, 0.1) is 12.8 Å². The number of carbonyl (C=O) groups excluding carboxylic acids is 1. The van der Waals surface area contributed by atoms with E-state index >= 15 is 0 Å². The first-order valence-corrected chi connectivity index (χ1v) is 13.4. The van der Waals surface area contributed by atoms with E-state index in [0.717, 1.165) is 10.4 Å². The van der Waals surface area contributed by atoms with Gasteiger partial charge in [-0.25, -0.2) is 8.42 Å². The molecule has 4 rings (SSSR count). The number of thiophene rings is 1. The van der Waals surface area contributed by atoms with Crippen molar-refractivity contribution in [3.05, 3.63) is 53.2 Å². The minimum Gasteiger partial charge on any atom is -0.418 e. The number of methoxy groups -OCH3 is 1. The number of hydrogen-bond acceptors (Lipinski definition) is 8. The Morgan fingerprint density at radius 3 is 2.59 bits per heavy atom. The van der Waals surface area contributed by atoms with Crippen molar-refractivity contribution in [3.8, 4) is 10.8 Å². The van der Waals surface area contributed by atoms with E-state index in [1.807, 2.05) is 24.4 Å². The van der Waals surface area contributed by atoms with Crippen molar-refractivity contribution >= 4 is 27.3 Å². The van der Waals surface area contributed by atoms with Crippen LogP contribution in [0.5, 0.6) is 0 Å². The standard InChI is InChI=1S/C23H28N4O5S2/c1-17-5-7-19(8-6-17)34(29,30)27-11-9-18(10-12-27)23(28)26(13-14-31-2)16-21-24-25-22(32-21)20-4-3-15-33-20/h3-8,15,18H,9-14,16H2,1-2H3. The largest absolute Gasteiger partial charge is 0.418 e. The fourth-order valence-corrected chi connectivity index (χ4v) is 6.02. The predicted molar refractivity (Wildman–Crippen MR) is 128 cm³/mol. The van der Waals surface area contributed by atoms with Gasteiger partial charge in [-0.15, -0.1) is 21.5 Å². The van der Waals surface area contributed by atoms with Crippen molar-refractivity contribution in [1.29, 1.82) is 0 Å². The fourth-order valence-electron chi connectivity index (χ4n) is 3.91. The van der Waals surface area contributed by atoms with Crippen molar-refractivity contribution in [2.24, 2.45) is 5.92 Å². The summed E-state index contributed by atoms with van der Waals surface area (Å²) in [4.78, 5) is 16.1. The van der Waals surface area contributed by atoms with Crippen LogP contribution in [0.3, 0.4) is 0 Å². The molecule has 0 unspecified atom stereocenters. The molecule has 0 radical (unpaired) electrons. The van der Waals surface area contributed by atoms with Crippen LogP contribution in [0.25, 0.3) is 10.8 Å². The summed E-state index contributed by atoms with van der Waals surface area (Å²) in [5.41, 5.74) is 1.00. The van der Waals surface area contributed by atoms with Crippen molar-refractivity contribution in [1.82, 2.24) is 19.4 Å². The molecule has 11 heteroatoms. The lowest BCUT2D eigenvalue weighted by Gasteiger charge is -2.33. The minimum absolute atomic E-state index is 0.0553. The van der Waals surface area contributed by atoms with Crippen LogP contribution < -0.4 is 0 Å². The average Bonchev–Trinajstić information content (AvgIpc) is 3.54. The van der Waals surface area contributed by atoms with Crippen LogP contribution in [-0.2, 0) is 26.1 Å². The van der Waals surface area contributed by atoms with Gasteiger partial charge in [0.05, 0.1) is 22.9 Å². The molecule has 1 amide bonds. The molecule has 0 saturated carbocycles. The Morgan fingerprint density at radius 2 is 1.94 bits per heavy atom. The number of hydrogen-bond donors (Lipinski definition) is 0. The Balaban J connectivity index is 1.40. The van der Waals surface area contributed by atoms with Gasteiger partial charge in [0.25, 0.3) is 5.89 Å². The van der Waals surface area contributed by atoms with Crippen LogP contribution in [-0.4, -0.2) is 67.1 Å². The molecule has 0 aliphatic carbocycles. The Labute approximate surface area is 203 Å². The SMILES string of the molecule is COCCN(Cc1nnc(-c2cccs2)o1)C(=O)C1CCN(S(=O)(=O)c2ccc(C)cc2)CC1. The van der Waals surface area contributed by atoms with Gasteiger partial charge in [-0.1, -0.05) is 23.8 Å². The van der Waals surface area contributed by atoms with Crippen LogP contribution in [0.15, 0.2) is 51.1 Å². The van der Waals surface area contributed by atoms with E-state index in [2.05, 4.69) is 10.2 Å². The van der Waals surface area contributed by atoms with Gasteiger partial charge in [-0.05, 0) is 43.3 Å². The number of ether oxygens (including phenoxy) is 1. The molecule has 0 atom stereocenters. The molecular formula is C23H28N4O5S2. The zero-order chi connectivity index (χ0) is 24.1. The second kappa shape index (κ2) is 10.8. The highest BCUT2D eigenvalue weighted by Crippen LogP contribution is 2.27. The molecule has 1 saturated heterocycles. The number of amides is 1. The molecule has 1 aliphatic rings. The lowest BCUT2D eigenvalue weighted by atomic mass is 9.96.